The molecule has 7 heteroatoms. The minimum Gasteiger partial charge on any atom is -0.457 e. The van der Waals surface area contributed by atoms with Crippen LogP contribution in [-0.2, 0) is 9.59 Å². The van der Waals surface area contributed by atoms with Crippen molar-refractivity contribution in [2.45, 2.75) is 0 Å². The first-order valence-corrected chi connectivity index (χ1v) is 8.45. The Balaban J connectivity index is 1.59. The maximum absolute atomic E-state index is 12.6. The van der Waals surface area contributed by atoms with E-state index >= 15 is 0 Å². The predicted octanol–water partition coefficient (Wildman–Crippen LogP) is 2.51. The number of hydrogen-bond acceptors (Lipinski definition) is 4. The summed E-state index contributed by atoms with van der Waals surface area (Å²) in [5, 5.41) is 1.20. The molecule has 2 aromatic carbocycles. The van der Waals surface area contributed by atoms with Gasteiger partial charge >= 0.3 is 0 Å². The van der Waals surface area contributed by atoms with E-state index in [2.05, 4.69) is 5.43 Å². The van der Waals surface area contributed by atoms with Gasteiger partial charge in [-0.1, -0.05) is 30.3 Å². The van der Waals surface area contributed by atoms with E-state index in [0.29, 0.717) is 22.8 Å². The Bertz CT molecular complexity index is 1100. The van der Waals surface area contributed by atoms with Gasteiger partial charge in [-0.2, -0.15) is 0 Å². The van der Waals surface area contributed by atoms with Crippen molar-refractivity contribution >= 4 is 29.5 Å². The van der Waals surface area contributed by atoms with Crippen molar-refractivity contribution in [2.24, 2.45) is 5.73 Å². The topological polar surface area (TPSA) is 106 Å². The lowest BCUT2D eigenvalue weighted by atomic mass is 10.1. The van der Waals surface area contributed by atoms with Gasteiger partial charge in [0, 0.05) is 11.1 Å². The molecular formula is C21H15N3O4. The minimum atomic E-state index is -0.509. The molecule has 0 radical (unpaired) electrons. The lowest BCUT2D eigenvalue weighted by molar-refractivity contribution is -0.117. The average Bonchev–Trinajstić information content (AvgIpc) is 3.29. The molecule has 0 spiro atoms. The number of rotatable bonds is 4. The summed E-state index contributed by atoms with van der Waals surface area (Å²) in [5.41, 5.74) is 9.45. The zero-order valence-electron chi connectivity index (χ0n) is 14.6. The predicted molar refractivity (Wildman–Crippen MR) is 103 cm³/mol. The van der Waals surface area contributed by atoms with Crippen LogP contribution in [0.25, 0.3) is 17.4 Å². The molecule has 2 heterocycles. The molecule has 3 N–H and O–H groups in total. The molecule has 4 rings (SSSR count). The van der Waals surface area contributed by atoms with Crippen LogP contribution in [0.1, 0.15) is 16.1 Å². The summed E-state index contributed by atoms with van der Waals surface area (Å²) in [7, 11) is 0. The molecule has 1 aromatic heterocycles. The molecular weight excluding hydrogens is 358 g/mol. The zero-order chi connectivity index (χ0) is 19.7. The van der Waals surface area contributed by atoms with Gasteiger partial charge in [-0.05, 0) is 42.5 Å². The molecule has 0 aliphatic carbocycles. The molecule has 3 aromatic rings. The normalized spacial score (nSPS) is 15.1. The van der Waals surface area contributed by atoms with E-state index < -0.39 is 17.7 Å². The van der Waals surface area contributed by atoms with Gasteiger partial charge in [0.1, 0.15) is 17.1 Å². The SMILES string of the molecule is NC(=O)c1ccc(-c2ccc(/C=C3/C(=O)NN(c4ccccc4)C3=O)o2)cc1. The molecule has 1 saturated heterocycles. The van der Waals surface area contributed by atoms with Gasteiger partial charge in [0.15, 0.2) is 0 Å². The number of primary amides is 1. The van der Waals surface area contributed by atoms with E-state index in [1.807, 2.05) is 6.07 Å². The number of hydrazine groups is 1. The summed E-state index contributed by atoms with van der Waals surface area (Å²) in [6.07, 6.45) is 1.40. The molecule has 0 atom stereocenters. The fourth-order valence-electron chi connectivity index (χ4n) is 2.84. The van der Waals surface area contributed by atoms with E-state index in [9.17, 15) is 14.4 Å². The van der Waals surface area contributed by atoms with E-state index in [1.165, 1.54) is 11.1 Å². The number of carbonyl (C=O) groups excluding carboxylic acids is 3. The van der Waals surface area contributed by atoms with Crippen molar-refractivity contribution in [3.8, 4) is 11.3 Å². The van der Waals surface area contributed by atoms with E-state index in [0.717, 1.165) is 5.56 Å². The van der Waals surface area contributed by atoms with Crippen molar-refractivity contribution in [1.82, 2.24) is 5.43 Å². The van der Waals surface area contributed by atoms with Gasteiger partial charge < -0.3 is 10.2 Å². The third-order valence-electron chi connectivity index (χ3n) is 4.27. The van der Waals surface area contributed by atoms with Crippen LogP contribution in [-0.4, -0.2) is 17.7 Å². The quantitative estimate of drug-likeness (QED) is 0.541. The smallest absolute Gasteiger partial charge is 0.282 e. The number of nitrogens with one attached hydrogen (secondary N) is 1. The summed E-state index contributed by atoms with van der Waals surface area (Å²) >= 11 is 0. The maximum Gasteiger partial charge on any atom is 0.282 e. The molecule has 0 saturated carbocycles. The standard InChI is InChI=1S/C21H15N3O4/c22-19(25)14-8-6-13(7-9-14)18-11-10-16(28-18)12-17-20(26)23-24(21(17)27)15-4-2-1-3-5-15/h1-12H,(H2,22,25)(H,23,26)/b17-12-. The van der Waals surface area contributed by atoms with Crippen molar-refractivity contribution in [1.29, 1.82) is 0 Å². The Kier molecular flexibility index (Phi) is 4.25. The van der Waals surface area contributed by atoms with Crippen LogP contribution in [0, 0.1) is 0 Å². The Morgan fingerprint density at radius 1 is 0.964 bits per heavy atom. The number of benzene rings is 2. The van der Waals surface area contributed by atoms with Crippen molar-refractivity contribution < 1.29 is 18.8 Å². The second kappa shape index (κ2) is 6.88. The van der Waals surface area contributed by atoms with Crippen LogP contribution >= 0.6 is 0 Å². The lowest BCUT2D eigenvalue weighted by Gasteiger charge is -2.13. The second-order valence-corrected chi connectivity index (χ2v) is 6.12. The van der Waals surface area contributed by atoms with Crippen LogP contribution < -0.4 is 16.2 Å². The highest BCUT2D eigenvalue weighted by atomic mass is 16.3. The van der Waals surface area contributed by atoms with Gasteiger partial charge in [-0.3, -0.25) is 19.8 Å². The van der Waals surface area contributed by atoms with Gasteiger partial charge in [0.25, 0.3) is 11.8 Å². The Hall–Kier alpha value is -4.13. The zero-order valence-corrected chi connectivity index (χ0v) is 14.6. The first-order valence-electron chi connectivity index (χ1n) is 8.45. The van der Waals surface area contributed by atoms with Crippen LogP contribution in [0.5, 0.6) is 0 Å². The molecule has 28 heavy (non-hydrogen) atoms. The number of hydrogen-bond donors (Lipinski definition) is 2. The summed E-state index contributed by atoms with van der Waals surface area (Å²) < 4.78 is 5.73. The summed E-state index contributed by atoms with van der Waals surface area (Å²) in [5.74, 6) is -0.571. The fraction of sp³-hybridized carbons (Fsp3) is 0. The van der Waals surface area contributed by atoms with Crippen molar-refractivity contribution in [3.63, 3.8) is 0 Å². The Morgan fingerprint density at radius 3 is 2.36 bits per heavy atom. The van der Waals surface area contributed by atoms with Gasteiger partial charge in [0.05, 0.1) is 5.69 Å². The summed E-state index contributed by atoms with van der Waals surface area (Å²) in [6.45, 7) is 0. The molecule has 1 fully saturated rings. The van der Waals surface area contributed by atoms with E-state index in [4.69, 9.17) is 10.2 Å². The third kappa shape index (κ3) is 3.16. The fourth-order valence-corrected chi connectivity index (χ4v) is 2.84. The molecule has 1 aliphatic rings. The van der Waals surface area contributed by atoms with Gasteiger partial charge in [0.2, 0.25) is 5.91 Å². The first-order chi connectivity index (χ1) is 13.5. The number of para-hydroxylation sites is 1. The largest absolute Gasteiger partial charge is 0.457 e. The number of anilines is 1. The van der Waals surface area contributed by atoms with Crippen LogP contribution in [0.4, 0.5) is 5.69 Å². The van der Waals surface area contributed by atoms with Crippen LogP contribution in [0.3, 0.4) is 0 Å². The van der Waals surface area contributed by atoms with Gasteiger partial charge in [-0.15, -0.1) is 0 Å². The van der Waals surface area contributed by atoms with Crippen molar-refractivity contribution in [3.05, 3.63) is 83.6 Å². The number of nitrogens with zero attached hydrogens (tertiary/aromatic N) is 1. The molecule has 0 bridgehead atoms. The monoisotopic (exact) mass is 373 g/mol. The average molecular weight is 373 g/mol. The lowest BCUT2D eigenvalue weighted by Crippen LogP contribution is -2.35. The van der Waals surface area contributed by atoms with Crippen LogP contribution in [0.2, 0.25) is 0 Å². The highest BCUT2D eigenvalue weighted by molar-refractivity contribution is 6.31. The first kappa shape index (κ1) is 17.3. The van der Waals surface area contributed by atoms with Gasteiger partial charge in [-0.25, -0.2) is 5.01 Å². The maximum atomic E-state index is 12.6. The highest BCUT2D eigenvalue weighted by Gasteiger charge is 2.34. The number of nitrogens with two attached hydrogens (primary N) is 1. The summed E-state index contributed by atoms with van der Waals surface area (Å²) in [6, 6.07) is 18.8. The summed E-state index contributed by atoms with van der Waals surface area (Å²) in [4.78, 5) is 36.0. The van der Waals surface area contributed by atoms with Crippen LogP contribution in [0.15, 0.2) is 76.7 Å². The number of furan rings is 1. The number of carbonyl (C=O) groups is 3. The second-order valence-electron chi connectivity index (χ2n) is 6.12. The Morgan fingerprint density at radius 2 is 1.68 bits per heavy atom. The minimum absolute atomic E-state index is 0.0196. The molecule has 1 aliphatic heterocycles. The highest BCUT2D eigenvalue weighted by Crippen LogP contribution is 2.26. The molecule has 7 nitrogen and oxygen atoms in total. The van der Waals surface area contributed by atoms with E-state index in [1.54, 1.807) is 60.7 Å². The molecule has 138 valence electrons. The molecule has 0 unspecified atom stereocenters. The molecule has 3 amide bonds. The number of amides is 3. The third-order valence-corrected chi connectivity index (χ3v) is 4.27. The Labute approximate surface area is 160 Å². The van der Waals surface area contributed by atoms with E-state index in [-0.39, 0.29) is 5.57 Å². The van der Waals surface area contributed by atoms with Crippen molar-refractivity contribution in [2.75, 3.05) is 5.01 Å².